The van der Waals surface area contributed by atoms with Crippen LogP contribution in [0, 0.1) is 0 Å². The molecule has 0 unspecified atom stereocenters. The van der Waals surface area contributed by atoms with Crippen LogP contribution in [0.1, 0.15) is 0 Å². The van der Waals surface area contributed by atoms with Crippen LogP contribution in [0.4, 0.5) is 5.69 Å². The molecule has 0 saturated heterocycles. The van der Waals surface area contributed by atoms with Crippen molar-refractivity contribution in [2.75, 3.05) is 11.9 Å². The number of aromatic nitrogens is 2. The highest BCUT2D eigenvalue weighted by atomic mass is 16.1. The van der Waals surface area contributed by atoms with Gasteiger partial charge < -0.3 is 15.5 Å². The van der Waals surface area contributed by atoms with Crippen LogP contribution in [0.5, 0.6) is 0 Å². The zero-order chi connectivity index (χ0) is 13.9. The van der Waals surface area contributed by atoms with E-state index in [1.165, 1.54) is 0 Å². The minimum atomic E-state index is -0.215. The number of amides is 1. The Bertz CT molecular complexity index is 749. The van der Waals surface area contributed by atoms with Gasteiger partial charge in [-0.3, -0.25) is 4.79 Å². The standard InChI is InChI=1S/C15H14N4O/c16-8-15(20)17-12-6-7-14-18-13(10-19(14)9-12)11-4-2-1-3-5-11/h1-7,9-10H,8,16H2,(H,17,20). The molecule has 3 N–H and O–H groups in total. The first-order valence-electron chi connectivity index (χ1n) is 6.30. The summed E-state index contributed by atoms with van der Waals surface area (Å²) < 4.78 is 1.88. The minimum Gasteiger partial charge on any atom is -0.324 e. The summed E-state index contributed by atoms with van der Waals surface area (Å²) in [7, 11) is 0. The van der Waals surface area contributed by atoms with Gasteiger partial charge in [-0.25, -0.2) is 4.98 Å². The summed E-state index contributed by atoms with van der Waals surface area (Å²) in [6.07, 6.45) is 3.76. The molecule has 2 aromatic heterocycles. The maximum Gasteiger partial charge on any atom is 0.238 e. The molecule has 0 radical (unpaired) electrons. The van der Waals surface area contributed by atoms with E-state index in [0.29, 0.717) is 5.69 Å². The van der Waals surface area contributed by atoms with Crippen molar-refractivity contribution in [2.45, 2.75) is 0 Å². The highest BCUT2D eigenvalue weighted by Crippen LogP contribution is 2.20. The van der Waals surface area contributed by atoms with Crippen molar-refractivity contribution >= 4 is 17.2 Å². The van der Waals surface area contributed by atoms with Crippen molar-refractivity contribution in [3.63, 3.8) is 0 Å². The van der Waals surface area contributed by atoms with E-state index in [0.717, 1.165) is 16.9 Å². The van der Waals surface area contributed by atoms with Gasteiger partial charge in [-0.15, -0.1) is 0 Å². The summed E-state index contributed by atoms with van der Waals surface area (Å²) in [5.74, 6) is -0.215. The molecule has 0 saturated carbocycles. The fourth-order valence-corrected chi connectivity index (χ4v) is 2.03. The van der Waals surface area contributed by atoms with Gasteiger partial charge >= 0.3 is 0 Å². The molecule has 0 bridgehead atoms. The van der Waals surface area contributed by atoms with E-state index >= 15 is 0 Å². The number of benzene rings is 1. The predicted octanol–water partition coefficient (Wildman–Crippen LogP) is 1.90. The molecule has 3 rings (SSSR count). The first-order chi connectivity index (χ1) is 9.76. The highest BCUT2D eigenvalue weighted by molar-refractivity contribution is 5.92. The smallest absolute Gasteiger partial charge is 0.238 e. The summed E-state index contributed by atoms with van der Waals surface area (Å²) in [6, 6.07) is 13.6. The summed E-state index contributed by atoms with van der Waals surface area (Å²) >= 11 is 0. The molecular formula is C15H14N4O. The van der Waals surface area contributed by atoms with E-state index in [1.54, 1.807) is 0 Å². The van der Waals surface area contributed by atoms with Crippen LogP contribution < -0.4 is 11.1 Å². The Morgan fingerprint density at radius 2 is 1.95 bits per heavy atom. The van der Waals surface area contributed by atoms with Gasteiger partial charge in [0.15, 0.2) is 0 Å². The average Bonchev–Trinajstić information content (AvgIpc) is 2.91. The van der Waals surface area contributed by atoms with Crippen molar-refractivity contribution in [1.29, 1.82) is 0 Å². The van der Waals surface area contributed by atoms with Gasteiger partial charge in [0.05, 0.1) is 17.9 Å². The topological polar surface area (TPSA) is 72.4 Å². The first kappa shape index (κ1) is 12.4. The molecule has 0 fully saturated rings. The molecule has 3 aromatic rings. The van der Waals surface area contributed by atoms with Gasteiger partial charge in [0, 0.05) is 18.0 Å². The second kappa shape index (κ2) is 5.14. The van der Waals surface area contributed by atoms with Crippen LogP contribution in [0.2, 0.25) is 0 Å². The van der Waals surface area contributed by atoms with Crippen molar-refractivity contribution in [1.82, 2.24) is 9.38 Å². The number of nitrogens with zero attached hydrogens (tertiary/aromatic N) is 2. The quantitative estimate of drug-likeness (QED) is 0.760. The molecule has 2 heterocycles. The number of pyridine rings is 1. The van der Waals surface area contributed by atoms with Crippen molar-refractivity contribution in [2.24, 2.45) is 5.73 Å². The number of nitrogens with one attached hydrogen (secondary N) is 1. The summed E-state index contributed by atoms with van der Waals surface area (Å²) in [4.78, 5) is 15.8. The lowest BCUT2D eigenvalue weighted by molar-refractivity contribution is -0.114. The SMILES string of the molecule is NCC(=O)Nc1ccc2nc(-c3ccccc3)cn2c1. The monoisotopic (exact) mass is 266 g/mol. The molecule has 0 aliphatic carbocycles. The fourth-order valence-electron chi connectivity index (χ4n) is 2.03. The Hall–Kier alpha value is -2.66. The molecule has 5 nitrogen and oxygen atoms in total. The molecule has 100 valence electrons. The number of hydrogen-bond acceptors (Lipinski definition) is 3. The third-order valence-electron chi connectivity index (χ3n) is 2.99. The first-order valence-corrected chi connectivity index (χ1v) is 6.30. The lowest BCUT2D eigenvalue weighted by atomic mass is 10.2. The lowest BCUT2D eigenvalue weighted by Crippen LogP contribution is -2.21. The second-order valence-corrected chi connectivity index (χ2v) is 4.43. The summed E-state index contributed by atoms with van der Waals surface area (Å²) in [6.45, 7) is -0.0305. The molecule has 5 heteroatoms. The summed E-state index contributed by atoms with van der Waals surface area (Å²) in [5.41, 5.74) is 8.76. The Kier molecular flexibility index (Phi) is 3.18. The molecule has 0 aliphatic heterocycles. The molecule has 1 aromatic carbocycles. The third kappa shape index (κ3) is 2.39. The van der Waals surface area contributed by atoms with Crippen molar-refractivity contribution in [3.8, 4) is 11.3 Å². The third-order valence-corrected chi connectivity index (χ3v) is 2.99. The van der Waals surface area contributed by atoms with Crippen LogP contribution in [0.25, 0.3) is 16.9 Å². The van der Waals surface area contributed by atoms with Gasteiger partial charge in [-0.2, -0.15) is 0 Å². The lowest BCUT2D eigenvalue weighted by Gasteiger charge is -2.03. The Balaban J connectivity index is 1.97. The van der Waals surface area contributed by atoms with Crippen LogP contribution in [0.15, 0.2) is 54.9 Å². The summed E-state index contributed by atoms with van der Waals surface area (Å²) in [5, 5.41) is 2.72. The van der Waals surface area contributed by atoms with Crippen molar-refractivity contribution < 1.29 is 4.79 Å². The van der Waals surface area contributed by atoms with Gasteiger partial charge in [-0.1, -0.05) is 30.3 Å². The Labute approximate surface area is 116 Å². The average molecular weight is 266 g/mol. The van der Waals surface area contributed by atoms with Gasteiger partial charge in [0.25, 0.3) is 0 Å². The Morgan fingerprint density at radius 3 is 2.70 bits per heavy atom. The van der Waals surface area contributed by atoms with E-state index in [-0.39, 0.29) is 12.5 Å². The zero-order valence-electron chi connectivity index (χ0n) is 10.8. The van der Waals surface area contributed by atoms with Crippen LogP contribution in [-0.2, 0) is 4.79 Å². The maximum absolute atomic E-state index is 11.3. The second-order valence-electron chi connectivity index (χ2n) is 4.43. The van der Waals surface area contributed by atoms with Crippen LogP contribution in [-0.4, -0.2) is 21.8 Å². The predicted molar refractivity (Wildman–Crippen MR) is 78.3 cm³/mol. The minimum absolute atomic E-state index is 0.0305. The van der Waals surface area contributed by atoms with Crippen LogP contribution in [0.3, 0.4) is 0 Å². The van der Waals surface area contributed by atoms with E-state index in [1.807, 2.05) is 59.3 Å². The largest absolute Gasteiger partial charge is 0.324 e. The molecule has 0 spiro atoms. The number of imidazole rings is 1. The molecule has 0 atom stereocenters. The van der Waals surface area contributed by atoms with Gasteiger partial charge in [0.2, 0.25) is 5.91 Å². The molecular weight excluding hydrogens is 252 g/mol. The Morgan fingerprint density at radius 1 is 1.15 bits per heavy atom. The normalized spacial score (nSPS) is 10.7. The van der Waals surface area contributed by atoms with E-state index < -0.39 is 0 Å². The van der Waals surface area contributed by atoms with E-state index in [4.69, 9.17) is 5.73 Å². The number of carbonyl (C=O) groups excluding carboxylic acids is 1. The zero-order valence-corrected chi connectivity index (χ0v) is 10.8. The number of nitrogens with two attached hydrogens (primary N) is 1. The molecule has 20 heavy (non-hydrogen) atoms. The van der Waals surface area contributed by atoms with Gasteiger partial charge in [0.1, 0.15) is 5.65 Å². The number of rotatable bonds is 3. The number of anilines is 1. The van der Waals surface area contributed by atoms with Crippen molar-refractivity contribution in [3.05, 3.63) is 54.9 Å². The number of hydrogen-bond donors (Lipinski definition) is 2. The number of fused-ring (bicyclic) bond motifs is 1. The van der Waals surface area contributed by atoms with Gasteiger partial charge in [-0.05, 0) is 12.1 Å². The fraction of sp³-hybridized carbons (Fsp3) is 0.0667. The molecule has 1 amide bonds. The molecule has 0 aliphatic rings. The number of carbonyl (C=O) groups is 1. The van der Waals surface area contributed by atoms with E-state index in [9.17, 15) is 4.79 Å². The van der Waals surface area contributed by atoms with E-state index in [2.05, 4.69) is 10.3 Å². The maximum atomic E-state index is 11.3. The highest BCUT2D eigenvalue weighted by Gasteiger charge is 2.05. The van der Waals surface area contributed by atoms with Crippen LogP contribution >= 0.6 is 0 Å².